The molecule has 0 radical (unpaired) electrons. The molecule has 0 bridgehead atoms. The Balaban J connectivity index is 1.43. The number of piperazine rings is 1. The Bertz CT molecular complexity index is 951. The Morgan fingerprint density at radius 2 is 1.70 bits per heavy atom. The maximum Gasteiger partial charge on any atom is 0.275 e. The number of benzene rings is 2. The smallest absolute Gasteiger partial charge is 0.275 e. The van der Waals surface area contributed by atoms with Gasteiger partial charge in [0.2, 0.25) is 5.89 Å². The number of hydrogen-bond donors (Lipinski definition) is 0. The molecule has 1 aliphatic rings. The summed E-state index contributed by atoms with van der Waals surface area (Å²) in [6, 6.07) is 15.3. The molecule has 5 nitrogen and oxygen atoms in total. The van der Waals surface area contributed by atoms with Gasteiger partial charge >= 0.3 is 0 Å². The fraction of sp³-hybridized carbons (Fsp3) is 0.200. The number of carbonyl (C=O) groups is 1. The molecule has 1 aromatic heterocycles. The van der Waals surface area contributed by atoms with E-state index in [0.717, 1.165) is 13.1 Å². The molecule has 3 aromatic rings. The van der Waals surface area contributed by atoms with Gasteiger partial charge in [-0.2, -0.15) is 0 Å². The summed E-state index contributed by atoms with van der Waals surface area (Å²) in [7, 11) is 0. The predicted octanol–water partition coefficient (Wildman–Crippen LogP) is 4.61. The molecule has 2 heterocycles. The molecular weight excluding hydrogens is 385 g/mol. The van der Waals surface area contributed by atoms with Gasteiger partial charge in [-0.1, -0.05) is 41.4 Å². The van der Waals surface area contributed by atoms with E-state index in [1.807, 2.05) is 18.2 Å². The van der Waals surface area contributed by atoms with E-state index in [0.29, 0.717) is 40.3 Å². The zero-order valence-electron chi connectivity index (χ0n) is 14.4. The third-order valence-corrected chi connectivity index (χ3v) is 5.32. The molecule has 0 saturated carbocycles. The topological polar surface area (TPSA) is 49.6 Å². The van der Waals surface area contributed by atoms with Crippen LogP contribution in [-0.2, 0) is 0 Å². The summed E-state index contributed by atoms with van der Waals surface area (Å²) < 4.78 is 5.48. The standard InChI is InChI=1S/C20H17Cl2N3O2/c21-16-7-6-14(12-17(16)22)19-23-18(13-27-19)20(26)25-10-8-24(9-11-25)15-4-2-1-3-5-15/h1-7,12-13H,8-11H2. The average Bonchev–Trinajstić information content (AvgIpc) is 3.20. The fourth-order valence-corrected chi connectivity index (χ4v) is 3.40. The number of oxazole rings is 1. The number of hydrogen-bond acceptors (Lipinski definition) is 4. The van der Waals surface area contributed by atoms with Crippen molar-refractivity contribution in [1.29, 1.82) is 0 Å². The number of nitrogens with zero attached hydrogens (tertiary/aromatic N) is 3. The molecular formula is C20H17Cl2N3O2. The van der Waals surface area contributed by atoms with Crippen molar-refractivity contribution in [3.05, 3.63) is 70.5 Å². The number of aromatic nitrogens is 1. The molecule has 2 aromatic carbocycles. The second kappa shape index (κ2) is 7.62. The van der Waals surface area contributed by atoms with Crippen LogP contribution < -0.4 is 4.90 Å². The Hall–Kier alpha value is -2.50. The van der Waals surface area contributed by atoms with E-state index < -0.39 is 0 Å². The summed E-state index contributed by atoms with van der Waals surface area (Å²) in [6.45, 7) is 2.85. The third-order valence-electron chi connectivity index (χ3n) is 4.58. The number of para-hydroxylation sites is 1. The molecule has 138 valence electrons. The minimum atomic E-state index is -0.127. The van der Waals surface area contributed by atoms with Gasteiger partial charge in [0.05, 0.1) is 10.0 Å². The Kier molecular flexibility index (Phi) is 5.05. The first-order valence-corrected chi connectivity index (χ1v) is 9.37. The van der Waals surface area contributed by atoms with Crippen molar-refractivity contribution in [3.63, 3.8) is 0 Å². The van der Waals surface area contributed by atoms with Crippen LogP contribution in [0.1, 0.15) is 10.5 Å². The molecule has 1 aliphatic heterocycles. The van der Waals surface area contributed by atoms with Crippen LogP contribution in [0.15, 0.2) is 59.2 Å². The maximum absolute atomic E-state index is 12.7. The molecule has 0 unspecified atom stereocenters. The molecule has 27 heavy (non-hydrogen) atoms. The lowest BCUT2D eigenvalue weighted by Gasteiger charge is -2.35. The molecule has 1 amide bonds. The predicted molar refractivity (Wildman–Crippen MR) is 107 cm³/mol. The summed E-state index contributed by atoms with van der Waals surface area (Å²) >= 11 is 12.0. The van der Waals surface area contributed by atoms with Crippen LogP contribution >= 0.6 is 23.2 Å². The average molecular weight is 402 g/mol. The zero-order chi connectivity index (χ0) is 18.8. The van der Waals surface area contributed by atoms with E-state index in [2.05, 4.69) is 22.0 Å². The number of carbonyl (C=O) groups excluding carboxylic acids is 1. The highest BCUT2D eigenvalue weighted by Crippen LogP contribution is 2.28. The molecule has 0 spiro atoms. The van der Waals surface area contributed by atoms with E-state index in [1.165, 1.54) is 12.0 Å². The summed E-state index contributed by atoms with van der Waals surface area (Å²) in [5.41, 5.74) is 2.15. The lowest BCUT2D eigenvalue weighted by atomic mass is 10.2. The van der Waals surface area contributed by atoms with Gasteiger partial charge in [-0.25, -0.2) is 4.98 Å². The quantitative estimate of drug-likeness (QED) is 0.642. The molecule has 7 heteroatoms. The van der Waals surface area contributed by atoms with Gasteiger partial charge in [0, 0.05) is 37.4 Å². The van der Waals surface area contributed by atoms with Crippen LogP contribution in [0.4, 0.5) is 5.69 Å². The third kappa shape index (κ3) is 3.80. The van der Waals surface area contributed by atoms with Crippen molar-refractivity contribution in [2.45, 2.75) is 0 Å². The van der Waals surface area contributed by atoms with Gasteiger partial charge in [-0.15, -0.1) is 0 Å². The van der Waals surface area contributed by atoms with Crippen LogP contribution in [0.5, 0.6) is 0 Å². The summed E-state index contributed by atoms with van der Waals surface area (Å²) in [4.78, 5) is 21.1. The minimum Gasteiger partial charge on any atom is -0.444 e. The number of rotatable bonds is 3. The lowest BCUT2D eigenvalue weighted by molar-refractivity contribution is 0.0741. The molecule has 4 rings (SSSR count). The SMILES string of the molecule is O=C(c1coc(-c2ccc(Cl)c(Cl)c2)n1)N1CCN(c2ccccc2)CC1. The van der Waals surface area contributed by atoms with Gasteiger partial charge < -0.3 is 14.2 Å². The molecule has 0 N–H and O–H groups in total. The van der Waals surface area contributed by atoms with E-state index >= 15 is 0 Å². The first-order valence-electron chi connectivity index (χ1n) is 8.62. The zero-order valence-corrected chi connectivity index (χ0v) is 16.0. The second-order valence-corrected chi connectivity index (χ2v) is 7.10. The van der Waals surface area contributed by atoms with Crippen LogP contribution in [0.2, 0.25) is 10.0 Å². The van der Waals surface area contributed by atoms with Crippen molar-refractivity contribution in [2.75, 3.05) is 31.1 Å². The maximum atomic E-state index is 12.7. The molecule has 1 saturated heterocycles. The van der Waals surface area contributed by atoms with Crippen molar-refractivity contribution in [3.8, 4) is 11.5 Å². The Labute approximate surface area is 167 Å². The van der Waals surface area contributed by atoms with Gasteiger partial charge in [-0.05, 0) is 30.3 Å². The van der Waals surface area contributed by atoms with Gasteiger partial charge in [0.15, 0.2) is 5.69 Å². The van der Waals surface area contributed by atoms with E-state index in [-0.39, 0.29) is 5.91 Å². The van der Waals surface area contributed by atoms with Crippen molar-refractivity contribution in [1.82, 2.24) is 9.88 Å². The van der Waals surface area contributed by atoms with Crippen molar-refractivity contribution in [2.24, 2.45) is 0 Å². The summed E-state index contributed by atoms with van der Waals surface area (Å²) in [5.74, 6) is 0.220. The van der Waals surface area contributed by atoms with E-state index in [1.54, 1.807) is 23.1 Å². The molecule has 0 atom stereocenters. The molecule has 1 fully saturated rings. The van der Waals surface area contributed by atoms with Crippen LogP contribution in [0.3, 0.4) is 0 Å². The first-order chi connectivity index (χ1) is 13.1. The minimum absolute atomic E-state index is 0.127. The van der Waals surface area contributed by atoms with Crippen LogP contribution in [0, 0.1) is 0 Å². The van der Waals surface area contributed by atoms with Gasteiger partial charge in [0.1, 0.15) is 6.26 Å². The number of halogens is 2. The first kappa shape index (κ1) is 17.9. The Morgan fingerprint density at radius 3 is 2.41 bits per heavy atom. The number of amides is 1. The van der Waals surface area contributed by atoms with Crippen LogP contribution in [-0.4, -0.2) is 42.0 Å². The van der Waals surface area contributed by atoms with Crippen molar-refractivity contribution < 1.29 is 9.21 Å². The second-order valence-electron chi connectivity index (χ2n) is 6.28. The highest BCUT2D eigenvalue weighted by molar-refractivity contribution is 6.42. The molecule has 0 aliphatic carbocycles. The monoisotopic (exact) mass is 401 g/mol. The Morgan fingerprint density at radius 1 is 0.963 bits per heavy atom. The largest absolute Gasteiger partial charge is 0.444 e. The number of anilines is 1. The highest BCUT2D eigenvalue weighted by atomic mass is 35.5. The van der Waals surface area contributed by atoms with Crippen molar-refractivity contribution >= 4 is 34.8 Å². The van der Waals surface area contributed by atoms with Gasteiger partial charge in [0.25, 0.3) is 5.91 Å². The van der Waals surface area contributed by atoms with E-state index in [9.17, 15) is 4.79 Å². The fourth-order valence-electron chi connectivity index (χ4n) is 3.10. The normalized spacial score (nSPS) is 14.4. The highest BCUT2D eigenvalue weighted by Gasteiger charge is 2.24. The lowest BCUT2D eigenvalue weighted by Crippen LogP contribution is -2.48. The van der Waals surface area contributed by atoms with E-state index in [4.69, 9.17) is 27.6 Å². The van der Waals surface area contributed by atoms with Gasteiger partial charge in [-0.3, -0.25) is 4.79 Å². The van der Waals surface area contributed by atoms with Crippen LogP contribution in [0.25, 0.3) is 11.5 Å². The summed E-state index contributed by atoms with van der Waals surface area (Å²) in [5, 5.41) is 0.872. The summed E-state index contributed by atoms with van der Waals surface area (Å²) in [6.07, 6.45) is 1.39.